The summed E-state index contributed by atoms with van der Waals surface area (Å²) < 4.78 is 0.665. The number of carbonyl (C=O) groups is 1. The van der Waals surface area contributed by atoms with E-state index in [2.05, 4.69) is 25.5 Å². The summed E-state index contributed by atoms with van der Waals surface area (Å²) in [5, 5.41) is 10.8. The maximum atomic E-state index is 12.0. The first kappa shape index (κ1) is 14.7. The molecule has 2 N–H and O–H groups in total. The summed E-state index contributed by atoms with van der Waals surface area (Å²) in [6.07, 6.45) is 0. The van der Waals surface area contributed by atoms with Crippen molar-refractivity contribution in [3.05, 3.63) is 40.3 Å². The highest BCUT2D eigenvalue weighted by Gasteiger charge is 2.09. The molecule has 0 spiro atoms. The number of amides is 1. The van der Waals surface area contributed by atoms with Crippen LogP contribution in [0.1, 0.15) is 12.6 Å². The number of rotatable bonds is 4. The molecule has 3 rings (SSSR count). The van der Waals surface area contributed by atoms with E-state index in [9.17, 15) is 9.59 Å². The average Bonchev–Trinajstić information content (AvgIpc) is 2.91. The minimum Gasteiger partial charge on any atom is -0.319 e. The number of anilines is 1. The molecule has 0 aliphatic carbocycles. The zero-order valence-corrected chi connectivity index (χ0v) is 13.1. The number of benzene rings is 1. The number of H-pyrrole nitrogens is 1. The Hall–Kier alpha value is -2.26. The fraction of sp³-hybridized carbons (Fsp3) is 0.154. The van der Waals surface area contributed by atoms with Crippen molar-refractivity contribution in [2.75, 3.05) is 5.32 Å². The second kappa shape index (κ2) is 6.24. The third kappa shape index (κ3) is 3.31. The van der Waals surface area contributed by atoms with Gasteiger partial charge in [0.1, 0.15) is 5.69 Å². The molecule has 22 heavy (non-hydrogen) atoms. The van der Waals surface area contributed by atoms with Gasteiger partial charge in [0.25, 0.3) is 5.56 Å². The highest BCUT2D eigenvalue weighted by molar-refractivity contribution is 8.00. The average molecular weight is 333 g/mol. The molecular formula is C13H11N5O2S2. The molecule has 9 heteroatoms. The Bertz CT molecular complexity index is 889. The second-order valence-corrected chi connectivity index (χ2v) is 6.57. The SMILES string of the molecule is CC(=O)Nc1nnc(SCc2nc3ccccc3[nH]c2=O)s1. The molecule has 2 heterocycles. The van der Waals surface area contributed by atoms with E-state index < -0.39 is 0 Å². The molecule has 0 fully saturated rings. The number of para-hydroxylation sites is 2. The summed E-state index contributed by atoms with van der Waals surface area (Å²) in [4.78, 5) is 30.1. The molecule has 112 valence electrons. The van der Waals surface area contributed by atoms with E-state index in [0.717, 1.165) is 5.52 Å². The Morgan fingerprint density at radius 3 is 3.00 bits per heavy atom. The molecular weight excluding hydrogens is 322 g/mol. The number of hydrogen-bond donors (Lipinski definition) is 2. The van der Waals surface area contributed by atoms with Crippen LogP contribution in [0.5, 0.6) is 0 Å². The number of thioether (sulfide) groups is 1. The molecule has 1 aromatic carbocycles. The van der Waals surface area contributed by atoms with Crippen molar-refractivity contribution in [3.63, 3.8) is 0 Å². The van der Waals surface area contributed by atoms with Crippen LogP contribution in [0, 0.1) is 0 Å². The van der Waals surface area contributed by atoms with Gasteiger partial charge in [-0.2, -0.15) is 0 Å². The number of nitrogens with one attached hydrogen (secondary N) is 2. The van der Waals surface area contributed by atoms with E-state index in [-0.39, 0.29) is 11.5 Å². The summed E-state index contributed by atoms with van der Waals surface area (Å²) in [5.41, 5.74) is 1.68. The lowest BCUT2D eigenvalue weighted by Crippen LogP contribution is -2.14. The van der Waals surface area contributed by atoms with Gasteiger partial charge in [-0.1, -0.05) is 35.2 Å². The van der Waals surface area contributed by atoms with E-state index >= 15 is 0 Å². The van der Waals surface area contributed by atoms with Gasteiger partial charge in [-0.3, -0.25) is 9.59 Å². The Morgan fingerprint density at radius 1 is 1.36 bits per heavy atom. The van der Waals surface area contributed by atoms with Crippen molar-refractivity contribution in [1.82, 2.24) is 20.2 Å². The summed E-state index contributed by atoms with van der Waals surface area (Å²) in [6.45, 7) is 1.41. The maximum Gasteiger partial charge on any atom is 0.271 e. The standard InChI is InChI=1S/C13H11N5O2S2/c1-7(19)14-12-17-18-13(22-12)21-6-10-11(20)16-9-5-3-2-4-8(9)15-10/h2-5H,6H2,1H3,(H,16,20)(H,14,17,19). The van der Waals surface area contributed by atoms with Gasteiger partial charge in [-0.05, 0) is 12.1 Å². The van der Waals surface area contributed by atoms with E-state index in [4.69, 9.17) is 0 Å². The molecule has 1 amide bonds. The molecule has 0 bridgehead atoms. The van der Waals surface area contributed by atoms with Gasteiger partial charge in [0.15, 0.2) is 4.34 Å². The van der Waals surface area contributed by atoms with Crippen LogP contribution in [-0.4, -0.2) is 26.1 Å². The van der Waals surface area contributed by atoms with Crippen molar-refractivity contribution >= 4 is 45.2 Å². The largest absolute Gasteiger partial charge is 0.319 e. The first-order valence-corrected chi connectivity index (χ1v) is 8.14. The first-order valence-electron chi connectivity index (χ1n) is 6.33. The lowest BCUT2D eigenvalue weighted by atomic mass is 10.3. The Kier molecular flexibility index (Phi) is 4.16. The van der Waals surface area contributed by atoms with Crippen molar-refractivity contribution in [2.24, 2.45) is 0 Å². The summed E-state index contributed by atoms with van der Waals surface area (Å²) >= 11 is 2.61. The highest BCUT2D eigenvalue weighted by Crippen LogP contribution is 2.27. The molecule has 0 aliphatic heterocycles. The minimum atomic E-state index is -0.210. The van der Waals surface area contributed by atoms with Gasteiger partial charge in [0, 0.05) is 12.7 Å². The first-order chi connectivity index (χ1) is 10.6. The number of nitrogens with zero attached hydrogens (tertiary/aromatic N) is 3. The third-order valence-corrected chi connectivity index (χ3v) is 4.67. The van der Waals surface area contributed by atoms with Gasteiger partial charge in [-0.15, -0.1) is 10.2 Å². The quantitative estimate of drug-likeness (QED) is 0.559. The molecule has 2 aromatic heterocycles. The molecule has 0 saturated heterocycles. The Labute approximate surface area is 133 Å². The fourth-order valence-electron chi connectivity index (χ4n) is 1.76. The molecule has 7 nitrogen and oxygen atoms in total. The van der Waals surface area contributed by atoms with Crippen LogP contribution < -0.4 is 10.9 Å². The normalized spacial score (nSPS) is 10.8. The number of carbonyl (C=O) groups excluding carboxylic acids is 1. The van der Waals surface area contributed by atoms with E-state index in [1.807, 2.05) is 24.3 Å². The molecule has 3 aromatic rings. The number of fused-ring (bicyclic) bond motifs is 1. The molecule has 0 atom stereocenters. The monoisotopic (exact) mass is 333 g/mol. The maximum absolute atomic E-state index is 12.0. The van der Waals surface area contributed by atoms with Gasteiger partial charge < -0.3 is 10.3 Å². The van der Waals surface area contributed by atoms with Crippen molar-refractivity contribution < 1.29 is 4.79 Å². The lowest BCUT2D eigenvalue weighted by molar-refractivity contribution is -0.114. The Morgan fingerprint density at radius 2 is 2.18 bits per heavy atom. The topological polar surface area (TPSA) is 101 Å². The second-order valence-electron chi connectivity index (χ2n) is 4.37. The minimum absolute atomic E-state index is 0.194. The van der Waals surface area contributed by atoms with Gasteiger partial charge in [-0.25, -0.2) is 4.98 Å². The van der Waals surface area contributed by atoms with Crippen LogP contribution >= 0.6 is 23.1 Å². The van der Waals surface area contributed by atoms with Gasteiger partial charge in [0.05, 0.1) is 11.0 Å². The lowest BCUT2D eigenvalue weighted by Gasteiger charge is -2.00. The van der Waals surface area contributed by atoms with E-state index in [1.165, 1.54) is 30.0 Å². The predicted molar refractivity (Wildman–Crippen MR) is 86.1 cm³/mol. The summed E-state index contributed by atoms with van der Waals surface area (Å²) in [5.74, 6) is 0.190. The van der Waals surface area contributed by atoms with Crippen LogP contribution in [-0.2, 0) is 10.5 Å². The zero-order valence-electron chi connectivity index (χ0n) is 11.5. The smallest absolute Gasteiger partial charge is 0.271 e. The number of aromatic nitrogens is 4. The van der Waals surface area contributed by atoms with Crippen molar-refractivity contribution in [3.8, 4) is 0 Å². The summed E-state index contributed by atoms with van der Waals surface area (Å²) in [6, 6.07) is 7.37. The number of aromatic amines is 1. The van der Waals surface area contributed by atoms with Crippen LogP contribution in [0.15, 0.2) is 33.4 Å². The van der Waals surface area contributed by atoms with Crippen LogP contribution in [0.3, 0.4) is 0 Å². The summed E-state index contributed by atoms with van der Waals surface area (Å²) in [7, 11) is 0. The van der Waals surface area contributed by atoms with Gasteiger partial charge in [0.2, 0.25) is 11.0 Å². The number of hydrogen-bond acceptors (Lipinski definition) is 7. The zero-order chi connectivity index (χ0) is 15.5. The Balaban J connectivity index is 1.76. The molecule has 0 radical (unpaired) electrons. The fourth-order valence-corrected chi connectivity index (χ4v) is 3.49. The van der Waals surface area contributed by atoms with Crippen molar-refractivity contribution in [2.45, 2.75) is 17.0 Å². The van der Waals surface area contributed by atoms with Crippen LogP contribution in [0.25, 0.3) is 11.0 Å². The van der Waals surface area contributed by atoms with Crippen LogP contribution in [0.2, 0.25) is 0 Å². The van der Waals surface area contributed by atoms with E-state index in [0.29, 0.717) is 26.4 Å². The predicted octanol–water partition coefficient (Wildman–Crippen LogP) is 2.03. The van der Waals surface area contributed by atoms with Crippen molar-refractivity contribution in [1.29, 1.82) is 0 Å². The van der Waals surface area contributed by atoms with E-state index in [1.54, 1.807) is 0 Å². The van der Waals surface area contributed by atoms with Gasteiger partial charge >= 0.3 is 0 Å². The molecule has 0 unspecified atom stereocenters. The van der Waals surface area contributed by atoms with Crippen LogP contribution in [0.4, 0.5) is 5.13 Å². The third-order valence-electron chi connectivity index (χ3n) is 2.69. The molecule has 0 aliphatic rings. The molecule has 0 saturated carbocycles. The highest BCUT2D eigenvalue weighted by atomic mass is 32.2.